The van der Waals surface area contributed by atoms with Crippen LogP contribution in [0, 0.1) is 0 Å². The lowest BCUT2D eigenvalue weighted by Crippen LogP contribution is -2.42. The molecule has 148 valence electrons. The van der Waals surface area contributed by atoms with Gasteiger partial charge < -0.3 is 15.4 Å². The zero-order chi connectivity index (χ0) is 20.4. The number of hydrogen-bond acceptors (Lipinski definition) is 5. The van der Waals surface area contributed by atoms with Gasteiger partial charge in [0.05, 0.1) is 11.7 Å². The van der Waals surface area contributed by atoms with E-state index in [4.69, 9.17) is 5.73 Å². The van der Waals surface area contributed by atoms with Crippen molar-refractivity contribution in [3.8, 4) is 0 Å². The molecular weight excluding hydrogens is 358 g/mol. The first-order chi connectivity index (χ1) is 13.4. The summed E-state index contributed by atoms with van der Waals surface area (Å²) < 4.78 is 0. The molecule has 2 aliphatic rings. The van der Waals surface area contributed by atoms with E-state index in [-0.39, 0.29) is 24.5 Å². The number of ketones is 1. The van der Waals surface area contributed by atoms with Gasteiger partial charge >= 0.3 is 0 Å². The van der Waals surface area contributed by atoms with Crippen molar-refractivity contribution >= 4 is 46.9 Å². The maximum atomic E-state index is 12.9. The molecule has 7 nitrogen and oxygen atoms in total. The van der Waals surface area contributed by atoms with Crippen molar-refractivity contribution in [1.29, 1.82) is 0 Å². The van der Waals surface area contributed by atoms with Crippen LogP contribution in [0.3, 0.4) is 0 Å². The molecule has 2 N–H and O–H groups in total. The standard InChI is InChI=1S/C21H25N3O4/c1-3-16-17(23-10-8-15(26)9-11-23)5-6-18-20(16)13(2)21(28)24(18)14(12-25)4-7-19(22)27/h3,5-6,12,14H,4,7-11H2,1-2H3,(H2,22,27)/b16-3-. The van der Waals surface area contributed by atoms with E-state index >= 15 is 0 Å². The first-order valence-electron chi connectivity index (χ1n) is 9.53. The fraction of sp³-hybridized carbons (Fsp3) is 0.429. The number of aldehydes is 1. The second-order valence-corrected chi connectivity index (χ2v) is 7.22. The summed E-state index contributed by atoms with van der Waals surface area (Å²) in [6, 6.07) is 3.06. The quantitative estimate of drug-likeness (QED) is 0.697. The highest BCUT2D eigenvalue weighted by Gasteiger charge is 2.33. The predicted octanol–water partition coefficient (Wildman–Crippen LogP) is 0.00650. The normalized spacial score (nSPS) is 18.5. The lowest BCUT2D eigenvalue weighted by atomic mass is 10.1. The maximum Gasteiger partial charge on any atom is 0.255 e. The minimum absolute atomic E-state index is 0.0359. The summed E-state index contributed by atoms with van der Waals surface area (Å²) in [4.78, 5) is 51.0. The van der Waals surface area contributed by atoms with Crippen molar-refractivity contribution in [2.45, 2.75) is 45.6 Å². The number of Topliss-reactive ketones (excluding diaryl/α,β-unsaturated/α-hetero) is 1. The second-order valence-electron chi connectivity index (χ2n) is 7.22. The van der Waals surface area contributed by atoms with E-state index in [2.05, 4.69) is 4.90 Å². The van der Waals surface area contributed by atoms with Gasteiger partial charge in [-0.05, 0) is 32.4 Å². The molecule has 1 aromatic carbocycles. The Balaban J connectivity index is 2.06. The molecule has 0 bridgehead atoms. The van der Waals surface area contributed by atoms with Crippen molar-refractivity contribution in [3.63, 3.8) is 0 Å². The Bertz CT molecular complexity index is 957. The molecule has 0 saturated carbocycles. The zero-order valence-electron chi connectivity index (χ0n) is 16.2. The van der Waals surface area contributed by atoms with E-state index in [9.17, 15) is 19.2 Å². The van der Waals surface area contributed by atoms with Crippen LogP contribution in [0.4, 0.5) is 11.4 Å². The molecule has 7 heteroatoms. The molecule has 2 heterocycles. The van der Waals surface area contributed by atoms with Crippen LogP contribution in [0.15, 0.2) is 12.1 Å². The summed E-state index contributed by atoms with van der Waals surface area (Å²) in [5.41, 5.74) is 7.45. The number of piperidine rings is 1. The number of fused-ring (bicyclic) bond motifs is 1. The summed E-state index contributed by atoms with van der Waals surface area (Å²) in [6.45, 7) is 4.99. The number of amides is 2. The third-order valence-corrected chi connectivity index (χ3v) is 5.50. The van der Waals surface area contributed by atoms with Gasteiger partial charge in [-0.25, -0.2) is 0 Å². The van der Waals surface area contributed by atoms with Crippen LogP contribution >= 0.6 is 0 Å². The van der Waals surface area contributed by atoms with Gasteiger partial charge in [-0.2, -0.15) is 0 Å². The smallest absolute Gasteiger partial charge is 0.255 e. The number of carbonyl (C=O) groups is 4. The van der Waals surface area contributed by atoms with Crippen LogP contribution in [-0.4, -0.2) is 43.0 Å². The number of carbonyl (C=O) groups excluding carboxylic acids is 4. The van der Waals surface area contributed by atoms with Crippen molar-refractivity contribution < 1.29 is 19.2 Å². The third-order valence-electron chi connectivity index (χ3n) is 5.50. The monoisotopic (exact) mass is 383 g/mol. The number of nitrogens with two attached hydrogens (primary N) is 1. The molecule has 0 aromatic heterocycles. The highest BCUT2D eigenvalue weighted by molar-refractivity contribution is 6.26. The van der Waals surface area contributed by atoms with Crippen LogP contribution in [0.25, 0.3) is 11.6 Å². The second kappa shape index (κ2) is 7.96. The third kappa shape index (κ3) is 3.44. The average Bonchev–Trinajstić information content (AvgIpc) is 2.93. The first-order valence-corrected chi connectivity index (χ1v) is 9.53. The van der Waals surface area contributed by atoms with Crippen molar-refractivity contribution in [2.24, 2.45) is 5.73 Å². The van der Waals surface area contributed by atoms with Gasteiger partial charge in [-0.3, -0.25) is 19.3 Å². The van der Waals surface area contributed by atoms with Crippen LogP contribution in [0.1, 0.15) is 39.5 Å². The minimum atomic E-state index is -0.737. The van der Waals surface area contributed by atoms with E-state index in [0.717, 1.165) is 16.1 Å². The van der Waals surface area contributed by atoms with E-state index in [1.54, 1.807) is 6.92 Å². The summed E-state index contributed by atoms with van der Waals surface area (Å²) in [6.07, 6.45) is 3.93. The topological polar surface area (TPSA) is 101 Å². The van der Waals surface area contributed by atoms with Gasteiger partial charge in [-0.15, -0.1) is 0 Å². The number of primary amides is 1. The molecule has 3 rings (SSSR count). The predicted molar refractivity (Wildman–Crippen MR) is 107 cm³/mol. The Morgan fingerprint density at radius 2 is 1.86 bits per heavy atom. The number of hydrogen-bond donors (Lipinski definition) is 1. The summed E-state index contributed by atoms with van der Waals surface area (Å²) in [5, 5.41) is 1.74. The van der Waals surface area contributed by atoms with Gasteiger partial charge in [0.15, 0.2) is 0 Å². The molecule has 2 amide bonds. The Morgan fingerprint density at radius 1 is 1.21 bits per heavy atom. The van der Waals surface area contributed by atoms with Crippen molar-refractivity contribution in [1.82, 2.24) is 0 Å². The fourth-order valence-electron chi connectivity index (χ4n) is 4.03. The Labute approximate surface area is 163 Å². The molecule has 0 aliphatic carbocycles. The molecule has 1 fully saturated rings. The molecule has 0 spiro atoms. The van der Waals surface area contributed by atoms with E-state index in [1.165, 1.54) is 4.90 Å². The lowest BCUT2D eigenvalue weighted by molar-refractivity contribution is -0.120. The number of benzene rings is 1. The van der Waals surface area contributed by atoms with Crippen molar-refractivity contribution in [2.75, 3.05) is 22.9 Å². The molecule has 1 saturated heterocycles. The highest BCUT2D eigenvalue weighted by atomic mass is 16.2. The average molecular weight is 383 g/mol. The molecule has 1 unspecified atom stereocenters. The zero-order valence-corrected chi connectivity index (χ0v) is 16.2. The molecule has 28 heavy (non-hydrogen) atoms. The van der Waals surface area contributed by atoms with Crippen LogP contribution in [0.5, 0.6) is 0 Å². The number of rotatable bonds is 6. The number of nitrogens with zero attached hydrogens (tertiary/aromatic N) is 2. The SMILES string of the molecule is C/C=c1/c(N2CCC(=O)CC2)ccc2c1=C(C)C(=O)N2C(C=O)CCC(N)=O. The molecule has 1 atom stereocenters. The minimum Gasteiger partial charge on any atom is -0.370 e. The van der Waals surface area contributed by atoms with Crippen molar-refractivity contribution in [3.05, 3.63) is 22.6 Å². The molecular formula is C21H25N3O4. The Morgan fingerprint density at radius 3 is 2.43 bits per heavy atom. The lowest BCUT2D eigenvalue weighted by Gasteiger charge is -2.29. The van der Waals surface area contributed by atoms with E-state index < -0.39 is 11.9 Å². The van der Waals surface area contributed by atoms with Gasteiger partial charge in [-0.1, -0.05) is 6.08 Å². The fourth-order valence-corrected chi connectivity index (χ4v) is 4.03. The van der Waals surface area contributed by atoms with Gasteiger partial charge in [0.1, 0.15) is 12.1 Å². The Kier molecular flexibility index (Phi) is 5.63. The Hall–Kier alpha value is -2.96. The molecule has 0 radical (unpaired) electrons. The maximum absolute atomic E-state index is 12.9. The van der Waals surface area contributed by atoms with Gasteiger partial charge in [0.25, 0.3) is 5.91 Å². The van der Waals surface area contributed by atoms with Gasteiger partial charge in [0.2, 0.25) is 5.91 Å². The largest absolute Gasteiger partial charge is 0.370 e. The summed E-state index contributed by atoms with van der Waals surface area (Å²) >= 11 is 0. The first kappa shape index (κ1) is 19.8. The number of anilines is 2. The van der Waals surface area contributed by atoms with Crippen LogP contribution in [-0.2, 0) is 19.2 Å². The van der Waals surface area contributed by atoms with E-state index in [0.29, 0.717) is 43.5 Å². The highest BCUT2D eigenvalue weighted by Crippen LogP contribution is 2.25. The molecule has 1 aromatic rings. The van der Waals surface area contributed by atoms with Crippen LogP contribution < -0.4 is 26.0 Å². The summed E-state index contributed by atoms with van der Waals surface area (Å²) in [5.74, 6) is -0.463. The summed E-state index contributed by atoms with van der Waals surface area (Å²) in [7, 11) is 0. The molecule has 2 aliphatic heterocycles. The van der Waals surface area contributed by atoms with Crippen LogP contribution in [0.2, 0.25) is 0 Å². The van der Waals surface area contributed by atoms with E-state index in [1.807, 2.05) is 25.1 Å². The van der Waals surface area contributed by atoms with Gasteiger partial charge in [0, 0.05) is 54.0 Å².